The van der Waals surface area contributed by atoms with Crippen molar-refractivity contribution in [3.63, 3.8) is 0 Å². The number of pyridine rings is 1. The number of benzene rings is 2. The minimum absolute atomic E-state index is 0.0287. The van der Waals surface area contributed by atoms with Gasteiger partial charge in [-0.2, -0.15) is 0 Å². The number of nitrogens with one attached hydrogen (secondary N) is 1. The molecule has 2 aromatic carbocycles. The fourth-order valence-corrected chi connectivity index (χ4v) is 5.77. The van der Waals surface area contributed by atoms with Gasteiger partial charge in [0.15, 0.2) is 11.4 Å². The summed E-state index contributed by atoms with van der Waals surface area (Å²) in [5.74, 6) is -2.65. The van der Waals surface area contributed by atoms with Gasteiger partial charge < -0.3 is 19.5 Å². The van der Waals surface area contributed by atoms with E-state index >= 15 is 0 Å². The summed E-state index contributed by atoms with van der Waals surface area (Å²) in [5, 5.41) is 2.57. The van der Waals surface area contributed by atoms with E-state index < -0.39 is 23.0 Å². The molecule has 1 aliphatic carbocycles. The van der Waals surface area contributed by atoms with Crippen LogP contribution in [0.4, 0.5) is 8.78 Å². The molecule has 2 fully saturated rings. The van der Waals surface area contributed by atoms with Crippen molar-refractivity contribution in [1.29, 1.82) is 0 Å². The van der Waals surface area contributed by atoms with Gasteiger partial charge in [0.2, 0.25) is 5.43 Å². The lowest BCUT2D eigenvalue weighted by atomic mass is 9.90. The summed E-state index contributed by atoms with van der Waals surface area (Å²) in [6.45, 7) is 0.966. The van der Waals surface area contributed by atoms with Crippen molar-refractivity contribution in [3.05, 3.63) is 99.0 Å². The zero-order valence-corrected chi connectivity index (χ0v) is 20.7. The van der Waals surface area contributed by atoms with E-state index in [0.717, 1.165) is 43.4 Å². The van der Waals surface area contributed by atoms with Crippen LogP contribution in [0.3, 0.4) is 0 Å². The molecule has 9 heteroatoms. The first kappa shape index (κ1) is 24.3. The second-order valence-corrected chi connectivity index (χ2v) is 10.4. The van der Waals surface area contributed by atoms with Gasteiger partial charge >= 0.3 is 0 Å². The summed E-state index contributed by atoms with van der Waals surface area (Å²) in [6.07, 6.45) is 5.37. The first-order chi connectivity index (χ1) is 18.4. The highest BCUT2D eigenvalue weighted by molar-refractivity contribution is 5.99. The molecule has 0 radical (unpaired) electrons. The summed E-state index contributed by atoms with van der Waals surface area (Å²) in [4.78, 5) is 42.3. The van der Waals surface area contributed by atoms with Gasteiger partial charge in [-0.1, -0.05) is 36.4 Å². The van der Waals surface area contributed by atoms with E-state index in [-0.39, 0.29) is 53.1 Å². The molecule has 1 N–H and O–H groups in total. The third kappa shape index (κ3) is 4.25. The zero-order chi connectivity index (χ0) is 26.4. The van der Waals surface area contributed by atoms with Gasteiger partial charge in [-0.05, 0) is 42.7 Å². The molecular formula is C29H27F2N3O4. The van der Waals surface area contributed by atoms with Gasteiger partial charge in [0, 0.05) is 37.5 Å². The Bertz CT molecular complexity index is 1480. The number of aromatic nitrogens is 1. The van der Waals surface area contributed by atoms with Gasteiger partial charge in [-0.15, -0.1) is 0 Å². The number of halogens is 2. The van der Waals surface area contributed by atoms with Crippen LogP contribution < -0.4 is 15.5 Å². The molecule has 1 saturated heterocycles. The van der Waals surface area contributed by atoms with Gasteiger partial charge in [-0.25, -0.2) is 8.78 Å². The standard InChI is InChI=1S/C29H27F2N3O4/c30-20-8-7-19(22(31)13-20)14-32-27(36)21-15-34-23-16-33(12-4-9-29(23)10-11-29)28(37)24(34)26(25(21)35)38-17-18-5-2-1-3-6-18/h1-3,5-8,13,15,23H,4,9-12,14,16-17H2,(H,32,36). The number of hydrogen-bond acceptors (Lipinski definition) is 4. The Hall–Kier alpha value is -4.01. The molecule has 2 bridgehead atoms. The highest BCUT2D eigenvalue weighted by Gasteiger charge is 2.54. The third-order valence-corrected chi connectivity index (χ3v) is 8.04. The molecular weight excluding hydrogens is 492 g/mol. The van der Waals surface area contributed by atoms with Gasteiger partial charge in [-0.3, -0.25) is 14.4 Å². The minimum atomic E-state index is -0.792. The predicted molar refractivity (Wildman–Crippen MR) is 135 cm³/mol. The highest BCUT2D eigenvalue weighted by Crippen LogP contribution is 2.60. The van der Waals surface area contributed by atoms with E-state index in [9.17, 15) is 23.2 Å². The molecule has 3 aromatic rings. The lowest BCUT2D eigenvalue weighted by Crippen LogP contribution is -2.46. The summed E-state index contributed by atoms with van der Waals surface area (Å²) < 4.78 is 35.2. The van der Waals surface area contributed by atoms with Crippen LogP contribution >= 0.6 is 0 Å². The van der Waals surface area contributed by atoms with Crippen LogP contribution in [0.1, 0.15) is 63.7 Å². The summed E-state index contributed by atoms with van der Waals surface area (Å²) in [7, 11) is 0. The fourth-order valence-electron chi connectivity index (χ4n) is 5.77. The molecule has 1 spiro atoms. The van der Waals surface area contributed by atoms with Crippen molar-refractivity contribution in [3.8, 4) is 5.75 Å². The van der Waals surface area contributed by atoms with E-state index in [0.29, 0.717) is 13.1 Å². The average molecular weight is 520 g/mol. The first-order valence-electron chi connectivity index (χ1n) is 12.8. The predicted octanol–water partition coefficient (Wildman–Crippen LogP) is 4.21. The summed E-state index contributed by atoms with van der Waals surface area (Å²) in [5.41, 5.74) is 0.234. The zero-order valence-electron chi connectivity index (χ0n) is 20.7. The molecule has 2 aliphatic heterocycles. The van der Waals surface area contributed by atoms with E-state index in [4.69, 9.17) is 4.74 Å². The number of amides is 2. The molecule has 3 heterocycles. The van der Waals surface area contributed by atoms with Gasteiger partial charge in [0.05, 0.1) is 6.04 Å². The lowest BCUT2D eigenvalue weighted by molar-refractivity contribution is 0.0648. The smallest absolute Gasteiger partial charge is 0.274 e. The van der Waals surface area contributed by atoms with Crippen LogP contribution in [-0.2, 0) is 13.2 Å². The molecule has 3 aliphatic rings. The Balaban J connectivity index is 1.40. The Morgan fingerprint density at radius 3 is 2.61 bits per heavy atom. The Labute approximate surface area is 218 Å². The van der Waals surface area contributed by atoms with Gasteiger partial charge in [0.1, 0.15) is 23.8 Å². The molecule has 1 unspecified atom stereocenters. The van der Waals surface area contributed by atoms with Crippen LogP contribution in [0.5, 0.6) is 5.75 Å². The highest BCUT2D eigenvalue weighted by atomic mass is 19.1. The van der Waals surface area contributed by atoms with Crippen molar-refractivity contribution in [2.45, 2.75) is 44.9 Å². The second kappa shape index (κ2) is 9.38. The third-order valence-electron chi connectivity index (χ3n) is 8.04. The quantitative estimate of drug-likeness (QED) is 0.529. The van der Waals surface area contributed by atoms with Crippen molar-refractivity contribution in [2.24, 2.45) is 5.41 Å². The van der Waals surface area contributed by atoms with Crippen molar-refractivity contribution in [2.75, 3.05) is 13.1 Å². The number of hydrogen-bond donors (Lipinski definition) is 1. The lowest BCUT2D eigenvalue weighted by Gasteiger charge is -2.38. The topological polar surface area (TPSA) is 80.6 Å². The summed E-state index contributed by atoms with van der Waals surface area (Å²) in [6, 6.07) is 12.3. The average Bonchev–Trinajstić information content (AvgIpc) is 3.72. The molecule has 2 amide bonds. The van der Waals surface area contributed by atoms with Crippen LogP contribution in [0, 0.1) is 17.0 Å². The number of carbonyl (C=O) groups is 2. The Morgan fingerprint density at radius 1 is 1.08 bits per heavy atom. The van der Waals surface area contributed by atoms with Crippen LogP contribution in [0.15, 0.2) is 59.5 Å². The SMILES string of the molecule is O=C(NCc1ccc(F)cc1F)c1cn2c(c(OCc3ccccc3)c1=O)C(=O)N1CCCC3(CC3)C2C1. The molecule has 6 rings (SSSR count). The van der Waals surface area contributed by atoms with Crippen molar-refractivity contribution >= 4 is 11.8 Å². The number of carbonyl (C=O) groups excluding carboxylic acids is 2. The van der Waals surface area contributed by atoms with Crippen LogP contribution in [0.2, 0.25) is 0 Å². The van der Waals surface area contributed by atoms with E-state index in [1.54, 1.807) is 9.47 Å². The molecule has 1 aromatic heterocycles. The fraction of sp³-hybridized carbons (Fsp3) is 0.345. The number of nitrogens with zero attached hydrogens (tertiary/aromatic N) is 2. The maximum Gasteiger partial charge on any atom is 0.274 e. The van der Waals surface area contributed by atoms with Crippen molar-refractivity contribution in [1.82, 2.24) is 14.8 Å². The maximum atomic E-state index is 14.1. The van der Waals surface area contributed by atoms with E-state index in [2.05, 4.69) is 5.32 Å². The normalized spacial score (nSPS) is 19.1. The number of ether oxygens (including phenoxy) is 1. The molecule has 38 heavy (non-hydrogen) atoms. The maximum absolute atomic E-state index is 14.1. The molecule has 196 valence electrons. The van der Waals surface area contributed by atoms with Crippen molar-refractivity contribution < 1.29 is 23.1 Å². The number of fused-ring (bicyclic) bond motifs is 5. The van der Waals surface area contributed by atoms with E-state index in [1.165, 1.54) is 12.3 Å². The van der Waals surface area contributed by atoms with E-state index in [1.807, 2.05) is 30.3 Å². The number of rotatable bonds is 6. The molecule has 7 nitrogen and oxygen atoms in total. The Morgan fingerprint density at radius 2 is 1.87 bits per heavy atom. The van der Waals surface area contributed by atoms with Gasteiger partial charge in [0.25, 0.3) is 11.8 Å². The Kier molecular flexibility index (Phi) is 6.01. The molecule has 1 saturated carbocycles. The second-order valence-electron chi connectivity index (χ2n) is 10.4. The minimum Gasteiger partial charge on any atom is -0.483 e. The largest absolute Gasteiger partial charge is 0.483 e. The van der Waals surface area contributed by atoms with Crippen LogP contribution in [-0.4, -0.2) is 34.4 Å². The summed E-state index contributed by atoms with van der Waals surface area (Å²) >= 11 is 0. The first-order valence-corrected chi connectivity index (χ1v) is 12.8. The monoisotopic (exact) mass is 519 g/mol. The van der Waals surface area contributed by atoms with Crippen LogP contribution in [0.25, 0.3) is 0 Å². The molecule has 1 atom stereocenters.